The van der Waals surface area contributed by atoms with Gasteiger partial charge >= 0.3 is 0 Å². The van der Waals surface area contributed by atoms with Crippen molar-refractivity contribution in [3.8, 4) is 0 Å². The summed E-state index contributed by atoms with van der Waals surface area (Å²) in [5.74, 6) is 0. The number of rotatable bonds is 11. The van der Waals surface area contributed by atoms with Crippen molar-refractivity contribution in [1.29, 1.82) is 0 Å². The zero-order valence-corrected chi connectivity index (χ0v) is 12.6. The monoisotopic (exact) mass is 269 g/mol. The molecule has 0 radical (unpaired) electrons. The molecule has 1 heterocycles. The zero-order chi connectivity index (χ0) is 13.1. The maximum absolute atomic E-state index is 5.41. The van der Waals surface area contributed by atoms with Gasteiger partial charge in [-0.2, -0.15) is 0 Å². The second-order valence-corrected chi connectivity index (χ2v) is 5.64. The molecule has 1 unspecified atom stereocenters. The van der Waals surface area contributed by atoms with Crippen LogP contribution in [-0.2, 0) is 11.2 Å². The Balaban J connectivity index is 2.21. The van der Waals surface area contributed by atoms with Crippen molar-refractivity contribution < 1.29 is 4.74 Å². The largest absolute Gasteiger partial charge is 0.382 e. The molecule has 1 aromatic rings. The number of nitrogens with one attached hydrogen (secondary N) is 1. The molecule has 0 aliphatic carbocycles. The highest BCUT2D eigenvalue weighted by Crippen LogP contribution is 2.14. The van der Waals surface area contributed by atoms with Crippen molar-refractivity contribution in [3.63, 3.8) is 0 Å². The lowest BCUT2D eigenvalue weighted by Gasteiger charge is -2.18. The molecule has 3 heteroatoms. The summed E-state index contributed by atoms with van der Waals surface area (Å²) in [6.45, 7) is 7.15. The molecule has 0 aromatic carbocycles. The minimum absolute atomic E-state index is 0.646. The maximum Gasteiger partial charge on any atom is 0.0466 e. The molecule has 2 nitrogen and oxygen atoms in total. The molecule has 1 atom stereocenters. The summed E-state index contributed by atoms with van der Waals surface area (Å²) in [4.78, 5) is 1.50. The minimum Gasteiger partial charge on any atom is -0.382 e. The molecule has 0 aliphatic heterocycles. The molecule has 0 amide bonds. The number of aryl methyl sites for hydroxylation is 1. The molecule has 0 spiro atoms. The Morgan fingerprint density at radius 2 is 2.22 bits per heavy atom. The third kappa shape index (κ3) is 7.14. The van der Waals surface area contributed by atoms with E-state index < -0.39 is 0 Å². The van der Waals surface area contributed by atoms with Crippen LogP contribution in [0, 0.1) is 0 Å². The predicted molar refractivity (Wildman–Crippen MR) is 80.4 cm³/mol. The topological polar surface area (TPSA) is 21.3 Å². The highest BCUT2D eigenvalue weighted by atomic mass is 32.1. The van der Waals surface area contributed by atoms with Gasteiger partial charge in [0.25, 0.3) is 0 Å². The highest BCUT2D eigenvalue weighted by molar-refractivity contribution is 7.09. The summed E-state index contributed by atoms with van der Waals surface area (Å²) < 4.78 is 5.41. The van der Waals surface area contributed by atoms with E-state index in [1.807, 2.05) is 11.3 Å². The fourth-order valence-electron chi connectivity index (χ4n) is 2.04. The SMILES string of the molecule is CCCNC(CCCOCC)CCc1cccs1. The van der Waals surface area contributed by atoms with Gasteiger partial charge in [-0.3, -0.25) is 0 Å². The molecular weight excluding hydrogens is 242 g/mol. The van der Waals surface area contributed by atoms with Crippen LogP contribution in [0.15, 0.2) is 17.5 Å². The average Bonchev–Trinajstić information content (AvgIpc) is 2.90. The lowest BCUT2D eigenvalue weighted by Crippen LogP contribution is -2.30. The summed E-state index contributed by atoms with van der Waals surface area (Å²) in [5.41, 5.74) is 0. The van der Waals surface area contributed by atoms with Gasteiger partial charge < -0.3 is 10.1 Å². The standard InChI is InChI=1S/C15H27NOS/c1-3-11-16-14(7-5-12-17-4-2)9-10-15-8-6-13-18-15/h6,8,13-14,16H,3-5,7,9-12H2,1-2H3. The van der Waals surface area contributed by atoms with Gasteiger partial charge in [-0.1, -0.05) is 13.0 Å². The fourth-order valence-corrected chi connectivity index (χ4v) is 2.77. The Morgan fingerprint density at radius 3 is 2.89 bits per heavy atom. The average molecular weight is 269 g/mol. The first kappa shape index (κ1) is 15.7. The fraction of sp³-hybridized carbons (Fsp3) is 0.733. The van der Waals surface area contributed by atoms with Crippen LogP contribution in [0.4, 0.5) is 0 Å². The molecule has 104 valence electrons. The van der Waals surface area contributed by atoms with E-state index in [-0.39, 0.29) is 0 Å². The molecule has 1 aromatic heterocycles. The molecule has 1 rings (SSSR count). The van der Waals surface area contributed by atoms with E-state index in [0.717, 1.165) is 19.8 Å². The second-order valence-electron chi connectivity index (χ2n) is 4.61. The molecule has 0 bridgehead atoms. The Labute approximate surface area is 116 Å². The first-order valence-electron chi connectivity index (χ1n) is 7.20. The van der Waals surface area contributed by atoms with Crippen molar-refractivity contribution in [1.82, 2.24) is 5.32 Å². The van der Waals surface area contributed by atoms with Crippen LogP contribution in [0.25, 0.3) is 0 Å². The summed E-state index contributed by atoms with van der Waals surface area (Å²) in [7, 11) is 0. The van der Waals surface area contributed by atoms with Crippen LogP contribution in [-0.4, -0.2) is 25.8 Å². The van der Waals surface area contributed by atoms with E-state index in [9.17, 15) is 0 Å². The third-order valence-corrected chi connectivity index (χ3v) is 3.98. The van der Waals surface area contributed by atoms with Crippen molar-refractivity contribution in [3.05, 3.63) is 22.4 Å². The minimum atomic E-state index is 0.646. The van der Waals surface area contributed by atoms with Crippen molar-refractivity contribution in [2.75, 3.05) is 19.8 Å². The van der Waals surface area contributed by atoms with Crippen LogP contribution in [0.2, 0.25) is 0 Å². The zero-order valence-electron chi connectivity index (χ0n) is 11.8. The van der Waals surface area contributed by atoms with E-state index in [0.29, 0.717) is 6.04 Å². The van der Waals surface area contributed by atoms with Gasteiger partial charge in [-0.25, -0.2) is 0 Å². The quantitative estimate of drug-likeness (QED) is 0.616. The lowest BCUT2D eigenvalue weighted by atomic mass is 10.1. The summed E-state index contributed by atoms with van der Waals surface area (Å²) in [5, 5.41) is 5.82. The Kier molecular flexibility index (Phi) is 9.17. The lowest BCUT2D eigenvalue weighted by molar-refractivity contribution is 0.140. The summed E-state index contributed by atoms with van der Waals surface area (Å²) in [6, 6.07) is 5.03. The molecule has 0 saturated heterocycles. The number of thiophene rings is 1. The smallest absolute Gasteiger partial charge is 0.0466 e. The molecule has 18 heavy (non-hydrogen) atoms. The van der Waals surface area contributed by atoms with Crippen molar-refractivity contribution in [2.45, 2.75) is 52.0 Å². The predicted octanol–water partition coefficient (Wildman–Crippen LogP) is 3.87. The summed E-state index contributed by atoms with van der Waals surface area (Å²) in [6.07, 6.45) is 6.05. The molecule has 0 saturated carbocycles. The van der Waals surface area contributed by atoms with E-state index in [2.05, 4.69) is 36.7 Å². The molecule has 1 N–H and O–H groups in total. The Hall–Kier alpha value is -0.380. The molecular formula is C15H27NOS. The molecule has 0 fully saturated rings. The second kappa shape index (κ2) is 10.5. The normalized spacial score (nSPS) is 12.8. The van der Waals surface area contributed by atoms with Crippen molar-refractivity contribution >= 4 is 11.3 Å². The highest BCUT2D eigenvalue weighted by Gasteiger charge is 2.08. The van der Waals surface area contributed by atoms with E-state index in [4.69, 9.17) is 4.74 Å². The van der Waals surface area contributed by atoms with E-state index in [1.54, 1.807) is 0 Å². The van der Waals surface area contributed by atoms with Gasteiger partial charge in [-0.05, 0) is 57.0 Å². The van der Waals surface area contributed by atoms with E-state index in [1.165, 1.54) is 37.0 Å². The van der Waals surface area contributed by atoms with Crippen molar-refractivity contribution in [2.24, 2.45) is 0 Å². The van der Waals surface area contributed by atoms with Gasteiger partial charge in [0.05, 0.1) is 0 Å². The molecule has 0 aliphatic rings. The Morgan fingerprint density at radius 1 is 1.33 bits per heavy atom. The van der Waals surface area contributed by atoms with Crippen LogP contribution < -0.4 is 5.32 Å². The van der Waals surface area contributed by atoms with E-state index >= 15 is 0 Å². The van der Waals surface area contributed by atoms with Gasteiger partial charge in [0.15, 0.2) is 0 Å². The number of hydrogen-bond donors (Lipinski definition) is 1. The van der Waals surface area contributed by atoms with Crippen LogP contribution in [0.1, 0.15) is 44.4 Å². The number of hydrogen-bond acceptors (Lipinski definition) is 3. The summed E-state index contributed by atoms with van der Waals surface area (Å²) >= 11 is 1.87. The first-order chi connectivity index (χ1) is 8.86. The van der Waals surface area contributed by atoms with Gasteiger partial charge in [-0.15, -0.1) is 11.3 Å². The van der Waals surface area contributed by atoms with Crippen LogP contribution in [0.3, 0.4) is 0 Å². The van der Waals surface area contributed by atoms with Gasteiger partial charge in [0, 0.05) is 24.1 Å². The van der Waals surface area contributed by atoms with Gasteiger partial charge in [0.1, 0.15) is 0 Å². The number of ether oxygens (including phenoxy) is 1. The Bertz CT molecular complexity index is 274. The first-order valence-corrected chi connectivity index (χ1v) is 8.08. The maximum atomic E-state index is 5.41. The van der Waals surface area contributed by atoms with Crippen LogP contribution in [0.5, 0.6) is 0 Å². The van der Waals surface area contributed by atoms with Gasteiger partial charge in [0.2, 0.25) is 0 Å². The third-order valence-electron chi connectivity index (χ3n) is 3.05. The van der Waals surface area contributed by atoms with Crippen LogP contribution >= 0.6 is 11.3 Å².